The standard InChI is InChI=1S/C24H23FN2O5S/c1-17-10-11-19(12-22(17)25)14-26-23(28)16-32-24(29)20-8-5-9-21(13-20)33(30,31)27-15-18-6-3-2-4-7-18/h2-13,27H,14-16H2,1H3,(H,26,28). The molecule has 0 unspecified atom stereocenters. The lowest BCUT2D eigenvalue weighted by Crippen LogP contribution is -2.28. The first-order chi connectivity index (χ1) is 15.7. The van der Waals surface area contributed by atoms with E-state index >= 15 is 0 Å². The second-order valence-corrected chi connectivity index (χ2v) is 9.04. The maximum atomic E-state index is 13.6. The third-order valence-corrected chi connectivity index (χ3v) is 6.15. The predicted molar refractivity (Wildman–Crippen MR) is 120 cm³/mol. The third-order valence-electron chi connectivity index (χ3n) is 4.75. The van der Waals surface area contributed by atoms with Crippen molar-refractivity contribution >= 4 is 21.9 Å². The fourth-order valence-corrected chi connectivity index (χ4v) is 3.92. The summed E-state index contributed by atoms with van der Waals surface area (Å²) in [6, 6.07) is 19.0. The van der Waals surface area contributed by atoms with Crippen LogP contribution in [0, 0.1) is 12.7 Å². The second kappa shape index (κ2) is 10.8. The van der Waals surface area contributed by atoms with Gasteiger partial charge in [-0.1, -0.05) is 48.5 Å². The molecule has 0 saturated heterocycles. The molecule has 0 saturated carbocycles. The molecule has 7 nitrogen and oxygen atoms in total. The van der Waals surface area contributed by atoms with Crippen molar-refractivity contribution in [2.45, 2.75) is 24.9 Å². The Hall–Kier alpha value is -3.56. The zero-order valence-electron chi connectivity index (χ0n) is 17.9. The van der Waals surface area contributed by atoms with Gasteiger partial charge in [0, 0.05) is 13.1 Å². The maximum Gasteiger partial charge on any atom is 0.338 e. The van der Waals surface area contributed by atoms with Crippen molar-refractivity contribution in [3.63, 3.8) is 0 Å². The molecule has 0 heterocycles. The summed E-state index contributed by atoms with van der Waals surface area (Å²) in [4.78, 5) is 24.2. The summed E-state index contributed by atoms with van der Waals surface area (Å²) in [5.41, 5.74) is 1.85. The van der Waals surface area contributed by atoms with Crippen LogP contribution in [0.1, 0.15) is 27.0 Å². The minimum Gasteiger partial charge on any atom is -0.452 e. The van der Waals surface area contributed by atoms with Gasteiger partial charge in [-0.15, -0.1) is 0 Å². The van der Waals surface area contributed by atoms with Crippen LogP contribution in [0.3, 0.4) is 0 Å². The van der Waals surface area contributed by atoms with E-state index in [4.69, 9.17) is 4.74 Å². The summed E-state index contributed by atoms with van der Waals surface area (Å²) in [7, 11) is -3.86. The summed E-state index contributed by atoms with van der Waals surface area (Å²) < 4.78 is 46.1. The lowest BCUT2D eigenvalue weighted by Gasteiger charge is -2.09. The molecule has 3 aromatic carbocycles. The number of rotatable bonds is 9. The van der Waals surface area contributed by atoms with Gasteiger partial charge in [0.1, 0.15) is 5.82 Å². The Morgan fingerprint density at radius 3 is 2.39 bits per heavy atom. The quantitative estimate of drug-likeness (QED) is 0.468. The average molecular weight is 471 g/mol. The highest BCUT2D eigenvalue weighted by atomic mass is 32.2. The fourth-order valence-electron chi connectivity index (χ4n) is 2.86. The van der Waals surface area contributed by atoms with Crippen molar-refractivity contribution in [3.05, 3.63) is 101 Å². The molecule has 1 amide bonds. The van der Waals surface area contributed by atoms with Gasteiger partial charge in [-0.2, -0.15) is 0 Å². The Morgan fingerprint density at radius 2 is 1.67 bits per heavy atom. The smallest absolute Gasteiger partial charge is 0.338 e. The van der Waals surface area contributed by atoms with Gasteiger partial charge in [-0.3, -0.25) is 4.79 Å². The summed E-state index contributed by atoms with van der Waals surface area (Å²) in [5, 5.41) is 2.53. The zero-order chi connectivity index (χ0) is 23.8. The van der Waals surface area contributed by atoms with Crippen LogP contribution in [0.15, 0.2) is 77.7 Å². The van der Waals surface area contributed by atoms with E-state index in [0.717, 1.165) is 5.56 Å². The largest absolute Gasteiger partial charge is 0.452 e. The molecule has 0 aliphatic rings. The van der Waals surface area contributed by atoms with Crippen molar-refractivity contribution in [1.82, 2.24) is 10.0 Å². The lowest BCUT2D eigenvalue weighted by atomic mass is 10.1. The molecule has 0 aliphatic carbocycles. The molecule has 0 aromatic heterocycles. The molecule has 0 radical (unpaired) electrons. The number of carbonyl (C=O) groups is 2. The van der Waals surface area contributed by atoms with E-state index in [1.165, 1.54) is 30.3 Å². The minimum absolute atomic E-state index is 0.00834. The number of amides is 1. The summed E-state index contributed by atoms with van der Waals surface area (Å²) in [5.74, 6) is -1.79. The molecule has 3 rings (SSSR count). The van der Waals surface area contributed by atoms with Gasteiger partial charge in [0.2, 0.25) is 10.0 Å². The van der Waals surface area contributed by atoms with E-state index < -0.39 is 28.5 Å². The average Bonchev–Trinajstić information content (AvgIpc) is 2.82. The van der Waals surface area contributed by atoms with Gasteiger partial charge < -0.3 is 10.1 Å². The number of nitrogens with one attached hydrogen (secondary N) is 2. The van der Waals surface area contributed by atoms with Crippen molar-refractivity contribution in [3.8, 4) is 0 Å². The number of hydrogen-bond acceptors (Lipinski definition) is 5. The molecule has 0 atom stereocenters. The summed E-state index contributed by atoms with van der Waals surface area (Å²) in [6.07, 6.45) is 0. The van der Waals surface area contributed by atoms with Gasteiger partial charge in [0.25, 0.3) is 5.91 Å². The molecule has 0 fully saturated rings. The van der Waals surface area contributed by atoms with Gasteiger partial charge in [-0.05, 0) is 47.9 Å². The molecular formula is C24H23FN2O5S. The first-order valence-corrected chi connectivity index (χ1v) is 11.6. The number of sulfonamides is 1. The Balaban J connectivity index is 1.54. The number of esters is 1. The van der Waals surface area contributed by atoms with E-state index in [0.29, 0.717) is 11.1 Å². The highest BCUT2D eigenvalue weighted by Gasteiger charge is 2.17. The molecule has 33 heavy (non-hydrogen) atoms. The van der Waals surface area contributed by atoms with Gasteiger partial charge in [0.15, 0.2) is 6.61 Å². The molecule has 9 heteroatoms. The van der Waals surface area contributed by atoms with E-state index in [2.05, 4.69) is 10.0 Å². The van der Waals surface area contributed by atoms with Crippen LogP contribution in [0.25, 0.3) is 0 Å². The Morgan fingerprint density at radius 1 is 0.909 bits per heavy atom. The maximum absolute atomic E-state index is 13.6. The number of ether oxygens (including phenoxy) is 1. The van der Waals surface area contributed by atoms with Crippen LogP contribution in [0.5, 0.6) is 0 Å². The van der Waals surface area contributed by atoms with Crippen molar-refractivity contribution < 1.29 is 27.1 Å². The monoisotopic (exact) mass is 470 g/mol. The van der Waals surface area contributed by atoms with E-state index in [1.807, 2.05) is 6.07 Å². The number of halogens is 1. The van der Waals surface area contributed by atoms with Crippen LogP contribution in [0.4, 0.5) is 4.39 Å². The van der Waals surface area contributed by atoms with Crippen LogP contribution >= 0.6 is 0 Å². The lowest BCUT2D eigenvalue weighted by molar-refractivity contribution is -0.124. The number of aryl methyl sites for hydroxylation is 1. The Bertz CT molecular complexity index is 1250. The molecule has 0 aliphatic heterocycles. The van der Waals surface area contributed by atoms with Crippen molar-refractivity contribution in [2.24, 2.45) is 0 Å². The topological polar surface area (TPSA) is 102 Å². The van der Waals surface area contributed by atoms with Crippen LogP contribution in [0.2, 0.25) is 0 Å². The number of carbonyl (C=O) groups excluding carboxylic acids is 2. The molecule has 2 N–H and O–H groups in total. The van der Waals surface area contributed by atoms with Gasteiger partial charge in [0.05, 0.1) is 10.5 Å². The fraction of sp³-hybridized carbons (Fsp3) is 0.167. The van der Waals surface area contributed by atoms with E-state index in [1.54, 1.807) is 43.3 Å². The predicted octanol–water partition coefficient (Wildman–Crippen LogP) is 3.09. The van der Waals surface area contributed by atoms with Gasteiger partial charge in [-0.25, -0.2) is 22.3 Å². The number of hydrogen-bond donors (Lipinski definition) is 2. The van der Waals surface area contributed by atoms with Crippen molar-refractivity contribution in [1.29, 1.82) is 0 Å². The zero-order valence-corrected chi connectivity index (χ0v) is 18.7. The van der Waals surface area contributed by atoms with E-state index in [9.17, 15) is 22.4 Å². The molecule has 0 bridgehead atoms. The third kappa shape index (κ3) is 6.96. The first kappa shape index (κ1) is 24.1. The van der Waals surface area contributed by atoms with Gasteiger partial charge >= 0.3 is 5.97 Å². The molecule has 172 valence electrons. The van der Waals surface area contributed by atoms with Crippen LogP contribution in [-0.4, -0.2) is 26.9 Å². The number of benzene rings is 3. The second-order valence-electron chi connectivity index (χ2n) is 7.27. The van der Waals surface area contributed by atoms with E-state index in [-0.39, 0.29) is 29.4 Å². The normalized spacial score (nSPS) is 11.1. The molecule has 3 aromatic rings. The Labute approximate surface area is 191 Å². The van der Waals surface area contributed by atoms with Crippen LogP contribution in [-0.2, 0) is 32.6 Å². The Kier molecular flexibility index (Phi) is 7.92. The summed E-state index contributed by atoms with van der Waals surface area (Å²) in [6.45, 7) is 1.25. The highest BCUT2D eigenvalue weighted by molar-refractivity contribution is 7.89. The SMILES string of the molecule is Cc1ccc(CNC(=O)COC(=O)c2cccc(S(=O)(=O)NCc3ccccc3)c2)cc1F. The van der Waals surface area contributed by atoms with Crippen molar-refractivity contribution in [2.75, 3.05) is 6.61 Å². The minimum atomic E-state index is -3.86. The molecule has 0 spiro atoms. The first-order valence-electron chi connectivity index (χ1n) is 10.1. The van der Waals surface area contributed by atoms with Crippen LogP contribution < -0.4 is 10.0 Å². The molecular weight excluding hydrogens is 447 g/mol. The summed E-state index contributed by atoms with van der Waals surface area (Å²) >= 11 is 0. The highest BCUT2D eigenvalue weighted by Crippen LogP contribution is 2.13.